The Morgan fingerprint density at radius 2 is 2.26 bits per heavy atom. The van der Waals surface area contributed by atoms with Crippen LogP contribution in [-0.4, -0.2) is 53.4 Å². The Kier molecular flexibility index (Phi) is 4.01. The van der Waals surface area contributed by atoms with Gasteiger partial charge in [0, 0.05) is 31.9 Å². The molecule has 0 unspecified atom stereocenters. The first-order valence-electron chi connectivity index (χ1n) is 6.08. The van der Waals surface area contributed by atoms with Crippen LogP contribution in [0.4, 0.5) is 0 Å². The molecular weight excluding hydrogens is 248 g/mol. The highest BCUT2D eigenvalue weighted by Crippen LogP contribution is 2.26. The molecule has 0 atom stereocenters. The normalized spacial score (nSPS) is 17.8. The van der Waals surface area contributed by atoms with E-state index in [1.807, 2.05) is 19.1 Å². The molecule has 2 heterocycles. The number of carbonyl (C=O) groups is 1. The predicted octanol–water partition coefficient (Wildman–Crippen LogP) is 0.766. The van der Waals surface area contributed by atoms with Gasteiger partial charge in [0.2, 0.25) is 5.88 Å². The van der Waals surface area contributed by atoms with Gasteiger partial charge in [0.25, 0.3) is 0 Å². The molecule has 2 rings (SSSR count). The molecule has 0 bridgehead atoms. The van der Waals surface area contributed by atoms with Crippen LogP contribution in [0.3, 0.4) is 0 Å². The smallest absolute Gasteiger partial charge is 0.329 e. The van der Waals surface area contributed by atoms with Crippen molar-refractivity contribution in [2.75, 3.05) is 26.8 Å². The Balaban J connectivity index is 1.78. The van der Waals surface area contributed by atoms with E-state index in [4.69, 9.17) is 14.6 Å². The summed E-state index contributed by atoms with van der Waals surface area (Å²) in [5.41, 5.74) is 0.749. The van der Waals surface area contributed by atoms with Crippen molar-refractivity contribution in [3.63, 3.8) is 0 Å². The van der Waals surface area contributed by atoms with Crippen LogP contribution in [0, 0.1) is 0 Å². The third-order valence-corrected chi connectivity index (χ3v) is 3.07. The minimum atomic E-state index is -0.931. The third kappa shape index (κ3) is 3.65. The zero-order chi connectivity index (χ0) is 13.9. The maximum absolute atomic E-state index is 10.5. The van der Waals surface area contributed by atoms with Crippen molar-refractivity contribution in [2.45, 2.75) is 19.1 Å². The molecule has 1 fully saturated rings. The monoisotopic (exact) mass is 266 g/mol. The van der Waals surface area contributed by atoms with Crippen LogP contribution in [-0.2, 0) is 16.1 Å². The van der Waals surface area contributed by atoms with Crippen LogP contribution >= 0.6 is 0 Å². The van der Waals surface area contributed by atoms with Gasteiger partial charge in [-0.25, -0.2) is 9.78 Å². The average molecular weight is 266 g/mol. The van der Waals surface area contributed by atoms with Crippen molar-refractivity contribution in [1.82, 2.24) is 9.88 Å². The maximum Gasteiger partial charge on any atom is 0.329 e. The summed E-state index contributed by atoms with van der Waals surface area (Å²) in [5, 5.41) is 8.59. The van der Waals surface area contributed by atoms with Crippen molar-refractivity contribution >= 4 is 5.97 Å². The third-order valence-electron chi connectivity index (χ3n) is 3.07. The first kappa shape index (κ1) is 13.8. The lowest BCUT2D eigenvalue weighted by molar-refractivity contribution is -0.165. The number of aliphatic carboxylic acids is 1. The Morgan fingerprint density at radius 1 is 1.53 bits per heavy atom. The lowest BCUT2D eigenvalue weighted by Gasteiger charge is -2.47. The average Bonchev–Trinajstić information content (AvgIpc) is 2.35. The Labute approximate surface area is 112 Å². The van der Waals surface area contributed by atoms with E-state index in [0.29, 0.717) is 5.88 Å². The summed E-state index contributed by atoms with van der Waals surface area (Å²) < 4.78 is 10.4. The standard InChI is InChI=1S/C13H18N2O4/c1-13(19-7-12(16)17)8-15(9-13)6-10-3-4-11(18-2)14-5-10/h3-5H,6-9H2,1-2H3,(H,16,17). The first-order valence-corrected chi connectivity index (χ1v) is 6.08. The molecule has 0 radical (unpaired) electrons. The van der Waals surface area contributed by atoms with Crippen LogP contribution in [0.2, 0.25) is 0 Å². The molecule has 19 heavy (non-hydrogen) atoms. The minimum Gasteiger partial charge on any atom is -0.481 e. The molecule has 0 spiro atoms. The van der Waals surface area contributed by atoms with E-state index in [1.54, 1.807) is 13.3 Å². The van der Waals surface area contributed by atoms with Crippen LogP contribution < -0.4 is 4.74 Å². The largest absolute Gasteiger partial charge is 0.481 e. The summed E-state index contributed by atoms with van der Waals surface area (Å²) in [6, 6.07) is 3.80. The summed E-state index contributed by atoms with van der Waals surface area (Å²) in [6.07, 6.45) is 1.78. The topological polar surface area (TPSA) is 71.9 Å². The molecule has 104 valence electrons. The van der Waals surface area contributed by atoms with Crippen molar-refractivity contribution in [1.29, 1.82) is 0 Å². The summed E-state index contributed by atoms with van der Waals surface area (Å²) in [4.78, 5) is 16.8. The molecule has 1 aliphatic heterocycles. The van der Waals surface area contributed by atoms with E-state index < -0.39 is 5.97 Å². The molecule has 1 aromatic rings. The van der Waals surface area contributed by atoms with Crippen LogP contribution in [0.1, 0.15) is 12.5 Å². The summed E-state index contributed by atoms with van der Waals surface area (Å²) in [5.74, 6) is -0.332. The number of aromatic nitrogens is 1. The molecule has 0 aromatic carbocycles. The summed E-state index contributed by atoms with van der Waals surface area (Å²) >= 11 is 0. The highest BCUT2D eigenvalue weighted by atomic mass is 16.5. The van der Waals surface area contributed by atoms with E-state index in [0.717, 1.165) is 25.2 Å². The van der Waals surface area contributed by atoms with Gasteiger partial charge in [-0.05, 0) is 12.5 Å². The minimum absolute atomic E-state index is 0.242. The van der Waals surface area contributed by atoms with Crippen molar-refractivity contribution in [2.24, 2.45) is 0 Å². The van der Waals surface area contributed by atoms with E-state index in [1.165, 1.54) is 0 Å². The van der Waals surface area contributed by atoms with Gasteiger partial charge in [0.15, 0.2) is 0 Å². The number of hydrogen-bond donors (Lipinski definition) is 1. The number of carboxylic acid groups (broad SMARTS) is 1. The number of nitrogens with zero attached hydrogens (tertiary/aromatic N) is 2. The number of methoxy groups -OCH3 is 1. The molecule has 1 aliphatic rings. The number of ether oxygens (including phenoxy) is 2. The molecule has 6 heteroatoms. The van der Waals surface area contributed by atoms with E-state index in [9.17, 15) is 4.79 Å². The number of hydrogen-bond acceptors (Lipinski definition) is 5. The highest BCUT2D eigenvalue weighted by molar-refractivity contribution is 5.68. The van der Waals surface area contributed by atoms with Gasteiger partial charge in [-0.1, -0.05) is 6.07 Å². The van der Waals surface area contributed by atoms with Gasteiger partial charge in [0.1, 0.15) is 6.61 Å². The lowest BCUT2D eigenvalue weighted by Crippen LogP contribution is -2.61. The predicted molar refractivity (Wildman–Crippen MR) is 68.1 cm³/mol. The lowest BCUT2D eigenvalue weighted by atomic mass is 9.96. The van der Waals surface area contributed by atoms with Gasteiger partial charge in [0.05, 0.1) is 12.7 Å². The van der Waals surface area contributed by atoms with Crippen LogP contribution in [0.15, 0.2) is 18.3 Å². The fourth-order valence-corrected chi connectivity index (χ4v) is 2.22. The highest BCUT2D eigenvalue weighted by Gasteiger charge is 2.39. The summed E-state index contributed by atoms with van der Waals surface area (Å²) in [6.45, 7) is 3.93. The van der Waals surface area contributed by atoms with Gasteiger partial charge < -0.3 is 14.6 Å². The second-order valence-electron chi connectivity index (χ2n) is 4.99. The molecule has 1 aromatic heterocycles. The van der Waals surface area contributed by atoms with Gasteiger partial charge in [-0.2, -0.15) is 0 Å². The molecule has 0 amide bonds. The fourth-order valence-electron chi connectivity index (χ4n) is 2.22. The van der Waals surface area contributed by atoms with E-state index in [-0.39, 0.29) is 12.2 Å². The number of likely N-dealkylation sites (tertiary alicyclic amines) is 1. The van der Waals surface area contributed by atoms with Crippen molar-refractivity contribution in [3.8, 4) is 5.88 Å². The summed E-state index contributed by atoms with van der Waals surface area (Å²) in [7, 11) is 1.59. The van der Waals surface area contributed by atoms with Crippen molar-refractivity contribution in [3.05, 3.63) is 23.9 Å². The SMILES string of the molecule is COc1ccc(CN2CC(C)(OCC(=O)O)C2)cn1. The van der Waals surface area contributed by atoms with Gasteiger partial charge >= 0.3 is 5.97 Å². The maximum atomic E-state index is 10.5. The Bertz CT molecular complexity index is 440. The quantitative estimate of drug-likeness (QED) is 0.820. The molecule has 6 nitrogen and oxygen atoms in total. The Hall–Kier alpha value is -1.66. The molecule has 0 aliphatic carbocycles. The molecule has 1 saturated heterocycles. The van der Waals surface area contributed by atoms with Crippen LogP contribution in [0.25, 0.3) is 0 Å². The zero-order valence-electron chi connectivity index (χ0n) is 11.1. The molecular formula is C13H18N2O4. The molecule has 0 saturated carbocycles. The second kappa shape index (κ2) is 5.54. The fraction of sp³-hybridized carbons (Fsp3) is 0.538. The van der Waals surface area contributed by atoms with E-state index in [2.05, 4.69) is 9.88 Å². The Morgan fingerprint density at radius 3 is 2.79 bits per heavy atom. The van der Waals surface area contributed by atoms with E-state index >= 15 is 0 Å². The first-order chi connectivity index (χ1) is 9.00. The molecule has 1 N–H and O–H groups in total. The van der Waals surface area contributed by atoms with Gasteiger partial charge in [-0.15, -0.1) is 0 Å². The van der Waals surface area contributed by atoms with Gasteiger partial charge in [-0.3, -0.25) is 4.90 Å². The van der Waals surface area contributed by atoms with Crippen molar-refractivity contribution < 1.29 is 19.4 Å². The second-order valence-corrected chi connectivity index (χ2v) is 4.99. The number of carboxylic acids is 1. The zero-order valence-corrected chi connectivity index (χ0v) is 11.1. The number of rotatable bonds is 6. The van der Waals surface area contributed by atoms with Crippen LogP contribution in [0.5, 0.6) is 5.88 Å². The number of pyridine rings is 1.